The van der Waals surface area contributed by atoms with E-state index in [9.17, 15) is 4.79 Å². The Hall–Kier alpha value is -2.08. The summed E-state index contributed by atoms with van der Waals surface area (Å²) in [6.45, 7) is 0. The first-order valence-corrected chi connectivity index (χ1v) is 7.53. The largest absolute Gasteiger partial charge is 0.425 e. The molecule has 0 atom stereocenters. The molecule has 0 aliphatic rings. The molecule has 4 aromatic rings. The number of hydrogen-bond acceptors (Lipinski definition) is 3. The molecule has 0 spiro atoms. The minimum Gasteiger partial charge on any atom is -0.425 e. The van der Waals surface area contributed by atoms with E-state index in [2.05, 4.69) is 22.6 Å². The van der Waals surface area contributed by atoms with Crippen LogP contribution in [0.5, 0.6) is 0 Å². The lowest BCUT2D eigenvalue weighted by atomic mass is 10.1. The van der Waals surface area contributed by atoms with E-state index in [1.54, 1.807) is 12.1 Å². The molecular formula is C17H9IO3. The number of hydrogen-bond donors (Lipinski definition) is 0. The Bertz CT molecular complexity index is 1010. The Morgan fingerprint density at radius 2 is 1.57 bits per heavy atom. The van der Waals surface area contributed by atoms with Crippen molar-refractivity contribution in [3.05, 3.63) is 68.4 Å². The van der Waals surface area contributed by atoms with Crippen molar-refractivity contribution in [2.45, 2.75) is 0 Å². The Kier molecular flexibility index (Phi) is 2.85. The van der Waals surface area contributed by atoms with Crippen LogP contribution in [0.2, 0.25) is 0 Å². The van der Waals surface area contributed by atoms with Crippen LogP contribution in [0.1, 0.15) is 0 Å². The number of para-hydroxylation sites is 1. The van der Waals surface area contributed by atoms with Gasteiger partial charge in [0.1, 0.15) is 11.0 Å². The lowest BCUT2D eigenvalue weighted by Gasteiger charge is -1.95. The summed E-state index contributed by atoms with van der Waals surface area (Å²) in [7, 11) is 0. The summed E-state index contributed by atoms with van der Waals surface area (Å²) in [5, 5.41) is 1.08. The van der Waals surface area contributed by atoms with Gasteiger partial charge in [0.15, 0.2) is 5.76 Å². The first kappa shape index (κ1) is 12.6. The maximum absolute atomic E-state index is 12.6. The molecule has 2 heterocycles. The van der Waals surface area contributed by atoms with Gasteiger partial charge in [-0.05, 0) is 34.7 Å². The van der Waals surface area contributed by atoms with E-state index < -0.39 is 0 Å². The molecule has 0 aliphatic carbocycles. The minimum absolute atomic E-state index is 0.0535. The fourth-order valence-corrected chi connectivity index (χ4v) is 3.30. The summed E-state index contributed by atoms with van der Waals surface area (Å²) in [4.78, 5) is 12.6. The second-order valence-corrected chi connectivity index (χ2v) is 5.78. The molecule has 0 radical (unpaired) electrons. The third-order valence-electron chi connectivity index (χ3n) is 3.42. The maximum atomic E-state index is 12.6. The van der Waals surface area contributed by atoms with Crippen LogP contribution in [0.4, 0.5) is 0 Å². The van der Waals surface area contributed by atoms with Gasteiger partial charge in [0.05, 0.1) is 8.96 Å². The number of fused-ring (bicyclic) bond motifs is 2. The zero-order chi connectivity index (χ0) is 14.4. The second kappa shape index (κ2) is 4.73. The molecule has 4 heteroatoms. The third kappa shape index (κ3) is 1.90. The van der Waals surface area contributed by atoms with Crippen molar-refractivity contribution in [2.75, 3.05) is 0 Å². The first-order valence-electron chi connectivity index (χ1n) is 6.45. The molecule has 0 fully saturated rings. The molecule has 0 N–H and O–H groups in total. The zero-order valence-corrected chi connectivity index (χ0v) is 13.0. The van der Waals surface area contributed by atoms with E-state index >= 15 is 0 Å². The Morgan fingerprint density at radius 3 is 2.38 bits per heavy atom. The van der Waals surface area contributed by atoms with E-state index in [4.69, 9.17) is 8.83 Å². The molecule has 0 unspecified atom stereocenters. The molecule has 0 aliphatic heterocycles. The Labute approximate surface area is 133 Å². The SMILES string of the molecule is O=c1c2ccccc2oc2oc(-c3ccccc3)c(I)c12. The molecule has 2 aromatic carbocycles. The summed E-state index contributed by atoms with van der Waals surface area (Å²) in [6, 6.07) is 16.9. The number of furan rings is 1. The highest BCUT2D eigenvalue weighted by Gasteiger charge is 2.19. The summed E-state index contributed by atoms with van der Waals surface area (Å²) >= 11 is 2.14. The van der Waals surface area contributed by atoms with E-state index in [1.807, 2.05) is 42.5 Å². The highest BCUT2D eigenvalue weighted by atomic mass is 127. The molecule has 102 valence electrons. The van der Waals surface area contributed by atoms with Gasteiger partial charge in [-0.2, -0.15) is 0 Å². The van der Waals surface area contributed by atoms with Gasteiger partial charge in [0.2, 0.25) is 5.43 Å². The number of rotatable bonds is 1. The van der Waals surface area contributed by atoms with Gasteiger partial charge in [-0.25, -0.2) is 0 Å². The minimum atomic E-state index is -0.0535. The molecule has 0 amide bonds. The van der Waals surface area contributed by atoms with Crippen molar-refractivity contribution in [3.8, 4) is 11.3 Å². The van der Waals surface area contributed by atoms with Crippen LogP contribution in [-0.2, 0) is 0 Å². The Morgan fingerprint density at radius 1 is 0.857 bits per heavy atom. The smallest absolute Gasteiger partial charge is 0.303 e. The number of benzene rings is 2. The fourth-order valence-electron chi connectivity index (χ4n) is 2.41. The monoisotopic (exact) mass is 388 g/mol. The van der Waals surface area contributed by atoms with Crippen LogP contribution < -0.4 is 5.43 Å². The third-order valence-corrected chi connectivity index (χ3v) is 4.44. The molecule has 21 heavy (non-hydrogen) atoms. The van der Waals surface area contributed by atoms with E-state index in [-0.39, 0.29) is 11.2 Å². The first-order chi connectivity index (χ1) is 10.3. The van der Waals surface area contributed by atoms with Crippen LogP contribution >= 0.6 is 22.6 Å². The summed E-state index contributed by atoms with van der Waals surface area (Å²) in [6.07, 6.45) is 0. The van der Waals surface area contributed by atoms with Crippen LogP contribution in [0.25, 0.3) is 33.5 Å². The molecular weight excluding hydrogens is 379 g/mol. The predicted octanol–water partition coefficient (Wildman–Crippen LogP) is 4.81. The van der Waals surface area contributed by atoms with Gasteiger partial charge in [-0.3, -0.25) is 4.79 Å². The molecule has 2 aromatic heterocycles. The molecule has 0 saturated carbocycles. The van der Waals surface area contributed by atoms with E-state index in [0.29, 0.717) is 22.1 Å². The number of halogens is 1. The van der Waals surface area contributed by atoms with Crippen LogP contribution in [-0.4, -0.2) is 0 Å². The summed E-state index contributed by atoms with van der Waals surface area (Å²) in [5.74, 6) is 0.948. The standard InChI is InChI=1S/C17H9IO3/c18-14-13-15(19)11-8-4-5-9-12(11)20-17(13)21-16(14)10-6-2-1-3-7-10/h1-9H. The average Bonchev–Trinajstić information content (AvgIpc) is 2.85. The fraction of sp³-hybridized carbons (Fsp3) is 0. The lowest BCUT2D eigenvalue weighted by Crippen LogP contribution is -2.01. The van der Waals surface area contributed by atoms with Gasteiger partial charge in [-0.15, -0.1) is 0 Å². The average molecular weight is 388 g/mol. The van der Waals surface area contributed by atoms with Crippen molar-refractivity contribution >= 4 is 44.7 Å². The van der Waals surface area contributed by atoms with Crippen LogP contribution in [0, 0.1) is 3.57 Å². The predicted molar refractivity (Wildman–Crippen MR) is 90.4 cm³/mol. The van der Waals surface area contributed by atoms with Crippen LogP contribution in [0.3, 0.4) is 0 Å². The van der Waals surface area contributed by atoms with Gasteiger partial charge in [0.25, 0.3) is 0 Å². The van der Waals surface area contributed by atoms with Crippen molar-refractivity contribution in [1.82, 2.24) is 0 Å². The molecule has 0 bridgehead atoms. The van der Waals surface area contributed by atoms with Crippen molar-refractivity contribution in [3.63, 3.8) is 0 Å². The van der Waals surface area contributed by atoms with Gasteiger partial charge < -0.3 is 8.83 Å². The quantitative estimate of drug-likeness (QED) is 0.440. The summed E-state index contributed by atoms with van der Waals surface area (Å²) in [5.41, 5.74) is 1.42. The van der Waals surface area contributed by atoms with Gasteiger partial charge in [0, 0.05) is 5.56 Å². The van der Waals surface area contributed by atoms with Gasteiger partial charge >= 0.3 is 5.78 Å². The van der Waals surface area contributed by atoms with Gasteiger partial charge in [-0.1, -0.05) is 42.5 Å². The highest BCUT2D eigenvalue weighted by molar-refractivity contribution is 14.1. The summed E-state index contributed by atoms with van der Waals surface area (Å²) < 4.78 is 12.3. The highest BCUT2D eigenvalue weighted by Crippen LogP contribution is 2.34. The lowest BCUT2D eigenvalue weighted by molar-refractivity contribution is 0.502. The maximum Gasteiger partial charge on any atom is 0.303 e. The molecule has 0 saturated heterocycles. The zero-order valence-electron chi connectivity index (χ0n) is 10.8. The molecule has 3 nitrogen and oxygen atoms in total. The van der Waals surface area contributed by atoms with E-state index in [0.717, 1.165) is 9.13 Å². The molecule has 4 rings (SSSR count). The Balaban J connectivity index is 2.14. The van der Waals surface area contributed by atoms with E-state index in [1.165, 1.54) is 0 Å². The van der Waals surface area contributed by atoms with Crippen LogP contribution in [0.15, 0.2) is 68.2 Å². The second-order valence-electron chi connectivity index (χ2n) is 4.70. The van der Waals surface area contributed by atoms with Crippen molar-refractivity contribution in [1.29, 1.82) is 0 Å². The van der Waals surface area contributed by atoms with Crippen molar-refractivity contribution < 1.29 is 8.83 Å². The van der Waals surface area contributed by atoms with Crippen molar-refractivity contribution in [2.24, 2.45) is 0 Å². The normalized spacial score (nSPS) is 11.3. The topological polar surface area (TPSA) is 43.4 Å².